The molecule has 2 fully saturated rings. The molecule has 0 atom stereocenters. The van der Waals surface area contributed by atoms with Crippen molar-refractivity contribution in [2.24, 2.45) is 0 Å². The zero-order valence-corrected chi connectivity index (χ0v) is 23.7. The summed E-state index contributed by atoms with van der Waals surface area (Å²) in [5.41, 5.74) is 8.68. The molecule has 9 nitrogen and oxygen atoms in total. The molecule has 0 spiro atoms. The van der Waals surface area contributed by atoms with Crippen LogP contribution in [0.4, 0.5) is 16.2 Å². The molecule has 2 amide bonds. The number of carbonyl (C=O) groups is 2. The maximum absolute atomic E-state index is 13.8. The number of benzene rings is 2. The summed E-state index contributed by atoms with van der Waals surface area (Å²) in [6.07, 6.45) is 5.79. The van der Waals surface area contributed by atoms with Gasteiger partial charge in [-0.2, -0.15) is 5.10 Å². The van der Waals surface area contributed by atoms with E-state index in [4.69, 9.17) is 0 Å². The van der Waals surface area contributed by atoms with E-state index in [0.717, 1.165) is 50.1 Å². The summed E-state index contributed by atoms with van der Waals surface area (Å²) in [5.74, 6) is -0.126. The second-order valence-electron chi connectivity index (χ2n) is 11.5. The van der Waals surface area contributed by atoms with Gasteiger partial charge in [-0.25, -0.2) is 9.80 Å². The molecule has 1 aromatic heterocycles. The first kappa shape index (κ1) is 26.5. The zero-order chi connectivity index (χ0) is 27.8. The third-order valence-electron chi connectivity index (χ3n) is 8.75. The number of piperazine rings is 1. The van der Waals surface area contributed by atoms with Gasteiger partial charge in [0.2, 0.25) is 0 Å². The third kappa shape index (κ3) is 4.99. The van der Waals surface area contributed by atoms with Crippen molar-refractivity contribution in [2.75, 3.05) is 43.4 Å². The number of nitrogens with zero attached hydrogens (tertiary/aromatic N) is 4. The molecule has 0 unspecified atom stereocenters. The van der Waals surface area contributed by atoms with Gasteiger partial charge in [0.1, 0.15) is 5.69 Å². The van der Waals surface area contributed by atoms with E-state index in [2.05, 4.69) is 56.7 Å². The van der Waals surface area contributed by atoms with Gasteiger partial charge in [0.25, 0.3) is 0 Å². The van der Waals surface area contributed by atoms with Crippen molar-refractivity contribution in [1.82, 2.24) is 25.5 Å². The fourth-order valence-corrected chi connectivity index (χ4v) is 6.40. The number of hydrazine groups is 1. The molecule has 3 aliphatic rings. The number of nitrogens with one attached hydrogen (secondary N) is 3. The van der Waals surface area contributed by atoms with Crippen LogP contribution in [0.1, 0.15) is 61.9 Å². The summed E-state index contributed by atoms with van der Waals surface area (Å²) in [5, 5.41) is 12.5. The van der Waals surface area contributed by atoms with Gasteiger partial charge < -0.3 is 10.2 Å². The van der Waals surface area contributed by atoms with Gasteiger partial charge in [0.15, 0.2) is 5.78 Å². The molecule has 1 aliphatic heterocycles. The number of hydrogen-bond acceptors (Lipinski definition) is 6. The number of carbonyl (C=O) groups excluding carboxylic acids is 2. The van der Waals surface area contributed by atoms with Crippen molar-refractivity contribution in [3.63, 3.8) is 0 Å². The Balaban J connectivity index is 1.17. The minimum absolute atomic E-state index is 0.126. The maximum atomic E-state index is 13.8. The molecule has 3 N–H and O–H groups in total. The quantitative estimate of drug-likeness (QED) is 0.293. The predicted molar refractivity (Wildman–Crippen MR) is 159 cm³/mol. The Labute approximate surface area is 235 Å². The molecular weight excluding hydrogens is 502 g/mol. The molecule has 2 aromatic carbocycles. The molecular formula is C31H39N7O2. The summed E-state index contributed by atoms with van der Waals surface area (Å²) in [6, 6.07) is 14.4. The Morgan fingerprint density at radius 2 is 1.73 bits per heavy atom. The topological polar surface area (TPSA) is 96.6 Å². The molecule has 2 aliphatic carbocycles. The Morgan fingerprint density at radius 3 is 2.42 bits per heavy atom. The van der Waals surface area contributed by atoms with Crippen LogP contribution in [0.25, 0.3) is 22.5 Å². The summed E-state index contributed by atoms with van der Waals surface area (Å²) >= 11 is 0. The Bertz CT molecular complexity index is 1380. The minimum Gasteiger partial charge on any atom is -0.369 e. The van der Waals surface area contributed by atoms with Gasteiger partial charge in [-0.05, 0) is 44.9 Å². The fraction of sp³-hybridized carbons (Fsp3) is 0.452. The van der Waals surface area contributed by atoms with E-state index in [1.54, 1.807) is 6.07 Å². The monoisotopic (exact) mass is 541 g/mol. The first-order valence-corrected chi connectivity index (χ1v) is 14.6. The lowest BCUT2D eigenvalue weighted by molar-refractivity contribution is 0.104. The number of aromatic nitrogens is 2. The predicted octanol–water partition coefficient (Wildman–Crippen LogP) is 5.12. The van der Waals surface area contributed by atoms with Gasteiger partial charge in [-0.1, -0.05) is 43.5 Å². The normalized spacial score (nSPS) is 17.8. The molecule has 9 heteroatoms. The van der Waals surface area contributed by atoms with Gasteiger partial charge in [0.05, 0.1) is 22.5 Å². The van der Waals surface area contributed by atoms with Crippen molar-refractivity contribution >= 4 is 23.2 Å². The lowest BCUT2D eigenvalue weighted by Crippen LogP contribution is -2.48. The number of aromatic amines is 1. The molecule has 1 saturated heterocycles. The first-order chi connectivity index (χ1) is 19.4. The van der Waals surface area contributed by atoms with Crippen molar-refractivity contribution in [3.8, 4) is 22.5 Å². The Kier molecular flexibility index (Phi) is 7.33. The van der Waals surface area contributed by atoms with E-state index in [9.17, 15) is 9.59 Å². The van der Waals surface area contributed by atoms with E-state index < -0.39 is 0 Å². The molecule has 210 valence electrons. The number of rotatable bonds is 6. The average molecular weight is 542 g/mol. The molecule has 1 saturated carbocycles. The van der Waals surface area contributed by atoms with Gasteiger partial charge >= 0.3 is 6.03 Å². The standard InChI is InChI=1S/C31H39N7O2/c1-20(2)37-16-18-38(19-17-37)23-14-12-21(13-15-23)28-27-29(34-33-28)24-10-7-11-25(26(24)30(27)39)32-31(40)35-36(3)22-8-5-4-6-9-22/h7,10-15,20,22H,4-6,8-9,16-19H2,1-3H3,(H,33,34)(H2,32,35,40). The highest BCUT2D eigenvalue weighted by Gasteiger charge is 2.35. The van der Waals surface area contributed by atoms with Crippen LogP contribution < -0.4 is 15.6 Å². The molecule has 2 heterocycles. The number of amides is 2. The second-order valence-corrected chi connectivity index (χ2v) is 11.5. The summed E-state index contributed by atoms with van der Waals surface area (Å²) in [7, 11) is 1.91. The van der Waals surface area contributed by atoms with E-state index in [1.807, 2.05) is 36.3 Å². The fourth-order valence-electron chi connectivity index (χ4n) is 6.40. The number of fused-ring (bicyclic) bond motifs is 3. The van der Waals surface area contributed by atoms with Crippen LogP contribution in [0.5, 0.6) is 0 Å². The summed E-state index contributed by atoms with van der Waals surface area (Å²) < 4.78 is 0. The Morgan fingerprint density at radius 1 is 1.00 bits per heavy atom. The number of ketones is 1. The van der Waals surface area contributed by atoms with E-state index in [1.165, 1.54) is 24.9 Å². The van der Waals surface area contributed by atoms with Crippen LogP contribution in [-0.4, -0.2) is 77.2 Å². The Hall–Kier alpha value is -3.69. The molecule has 3 aromatic rings. The van der Waals surface area contributed by atoms with Gasteiger partial charge in [-0.15, -0.1) is 0 Å². The SMILES string of the molecule is CC(C)N1CCN(c2ccc(-c3n[nH]c4c3C(=O)c3c(NC(=O)NN(C)C5CCCCC5)cccc3-4)cc2)CC1. The number of anilines is 2. The maximum Gasteiger partial charge on any atom is 0.333 e. The molecule has 0 bridgehead atoms. The van der Waals surface area contributed by atoms with E-state index in [0.29, 0.717) is 40.3 Å². The highest BCUT2D eigenvalue weighted by molar-refractivity contribution is 6.26. The summed E-state index contributed by atoms with van der Waals surface area (Å²) in [6.45, 7) is 8.62. The molecule has 0 radical (unpaired) electrons. The van der Waals surface area contributed by atoms with Crippen LogP contribution in [0, 0.1) is 0 Å². The zero-order valence-electron chi connectivity index (χ0n) is 23.7. The number of hydrogen-bond donors (Lipinski definition) is 3. The van der Waals surface area contributed by atoms with Crippen LogP contribution in [0.2, 0.25) is 0 Å². The van der Waals surface area contributed by atoms with E-state index >= 15 is 0 Å². The van der Waals surface area contributed by atoms with Crippen molar-refractivity contribution in [3.05, 3.63) is 53.6 Å². The highest BCUT2D eigenvalue weighted by atomic mass is 16.2. The van der Waals surface area contributed by atoms with Crippen molar-refractivity contribution in [1.29, 1.82) is 0 Å². The highest BCUT2D eigenvalue weighted by Crippen LogP contribution is 2.43. The third-order valence-corrected chi connectivity index (χ3v) is 8.75. The van der Waals surface area contributed by atoms with Gasteiger partial charge in [0, 0.05) is 62.1 Å². The largest absolute Gasteiger partial charge is 0.369 e. The summed E-state index contributed by atoms with van der Waals surface area (Å²) in [4.78, 5) is 31.6. The van der Waals surface area contributed by atoms with Crippen LogP contribution in [-0.2, 0) is 0 Å². The van der Waals surface area contributed by atoms with Crippen LogP contribution in [0.3, 0.4) is 0 Å². The number of urea groups is 1. The molecule has 40 heavy (non-hydrogen) atoms. The minimum atomic E-state index is -0.340. The first-order valence-electron chi connectivity index (χ1n) is 14.6. The smallest absolute Gasteiger partial charge is 0.333 e. The van der Waals surface area contributed by atoms with E-state index in [-0.39, 0.29) is 11.8 Å². The van der Waals surface area contributed by atoms with Gasteiger partial charge in [-0.3, -0.25) is 20.2 Å². The number of H-pyrrole nitrogens is 1. The van der Waals surface area contributed by atoms with Crippen LogP contribution >= 0.6 is 0 Å². The lowest BCUT2D eigenvalue weighted by atomic mass is 9.95. The van der Waals surface area contributed by atoms with Crippen molar-refractivity contribution < 1.29 is 9.59 Å². The second kappa shape index (κ2) is 11.1. The average Bonchev–Trinajstić information content (AvgIpc) is 3.53. The van der Waals surface area contributed by atoms with Crippen molar-refractivity contribution in [2.45, 2.75) is 58.0 Å². The lowest BCUT2D eigenvalue weighted by Gasteiger charge is -2.38. The molecule has 6 rings (SSSR count). The van der Waals surface area contributed by atoms with Crippen LogP contribution in [0.15, 0.2) is 42.5 Å².